The molecule has 0 aromatic carbocycles. The molecule has 6 nitrogen and oxygen atoms in total. The molecular weight excluding hydrogens is 198 g/mol. The quantitative estimate of drug-likeness (QED) is 0.653. The van der Waals surface area contributed by atoms with Gasteiger partial charge in [-0.3, -0.25) is 4.79 Å². The number of aromatic nitrogens is 3. The minimum absolute atomic E-state index is 0.110. The molecule has 0 amide bonds. The molecule has 1 atom stereocenters. The van der Waals surface area contributed by atoms with Crippen LogP contribution in [0.25, 0.3) is 0 Å². The van der Waals surface area contributed by atoms with Crippen molar-refractivity contribution >= 4 is 5.78 Å². The number of hydrogen-bond donors (Lipinski definition) is 0. The fourth-order valence-electron chi connectivity index (χ4n) is 1.49. The van der Waals surface area contributed by atoms with Crippen LogP contribution in [0.15, 0.2) is 6.20 Å². The van der Waals surface area contributed by atoms with Crippen molar-refractivity contribution in [3.63, 3.8) is 0 Å². The molecule has 15 heavy (non-hydrogen) atoms. The Balaban J connectivity index is 2.12. The summed E-state index contributed by atoms with van der Waals surface area (Å²) >= 11 is 0. The van der Waals surface area contributed by atoms with Crippen molar-refractivity contribution in [3.05, 3.63) is 11.9 Å². The van der Waals surface area contributed by atoms with Crippen LogP contribution in [0.4, 0.5) is 0 Å². The lowest BCUT2D eigenvalue weighted by molar-refractivity contribution is -0.0722. The monoisotopic (exact) mass is 211 g/mol. The summed E-state index contributed by atoms with van der Waals surface area (Å²) in [5, 5.41) is 7.50. The molecule has 6 heteroatoms. The molecule has 1 saturated heterocycles. The highest BCUT2D eigenvalue weighted by Crippen LogP contribution is 2.08. The van der Waals surface area contributed by atoms with Crippen LogP contribution < -0.4 is 0 Å². The third-order valence-corrected chi connectivity index (χ3v) is 2.28. The van der Waals surface area contributed by atoms with E-state index in [4.69, 9.17) is 9.47 Å². The molecule has 1 unspecified atom stereocenters. The number of aryl methyl sites for hydroxylation is 1. The van der Waals surface area contributed by atoms with Gasteiger partial charge in [0.15, 0.2) is 0 Å². The third kappa shape index (κ3) is 2.05. The maximum Gasteiger partial charge on any atom is 0.213 e. The number of rotatable bonds is 3. The maximum absolute atomic E-state index is 11.9. The second kappa shape index (κ2) is 4.50. The zero-order valence-electron chi connectivity index (χ0n) is 8.55. The summed E-state index contributed by atoms with van der Waals surface area (Å²) < 4.78 is 12.1. The summed E-state index contributed by atoms with van der Waals surface area (Å²) in [6.45, 7) is 3.85. The van der Waals surface area contributed by atoms with Crippen molar-refractivity contribution in [1.29, 1.82) is 0 Å². The lowest BCUT2D eigenvalue weighted by Gasteiger charge is -2.21. The highest BCUT2D eigenvalue weighted by atomic mass is 16.6. The largest absolute Gasteiger partial charge is 0.376 e. The Kier molecular flexibility index (Phi) is 3.08. The van der Waals surface area contributed by atoms with Gasteiger partial charge in [-0.15, -0.1) is 5.10 Å². The molecule has 2 rings (SSSR count). The zero-order chi connectivity index (χ0) is 10.7. The molecule has 0 saturated carbocycles. The molecule has 0 aliphatic carbocycles. The number of ether oxygens (including phenoxy) is 2. The number of carbonyl (C=O) groups is 1. The topological polar surface area (TPSA) is 66.2 Å². The molecule has 1 aromatic rings. The highest BCUT2D eigenvalue weighted by Gasteiger charge is 2.26. The average Bonchev–Trinajstić information content (AvgIpc) is 2.77. The fourth-order valence-corrected chi connectivity index (χ4v) is 1.49. The van der Waals surface area contributed by atoms with Crippen LogP contribution in [-0.2, 0) is 16.0 Å². The standard InChI is InChI=1S/C9H13N3O3/c1-2-12-7(5-10-11-12)9(13)8-6-14-3-4-15-8/h5,8H,2-4,6H2,1H3. The van der Waals surface area contributed by atoms with Gasteiger partial charge in [0.05, 0.1) is 26.0 Å². The molecule has 1 aliphatic rings. The smallest absolute Gasteiger partial charge is 0.213 e. The van der Waals surface area contributed by atoms with E-state index in [1.54, 1.807) is 4.68 Å². The van der Waals surface area contributed by atoms with E-state index in [1.807, 2.05) is 6.92 Å². The van der Waals surface area contributed by atoms with Crippen molar-refractivity contribution in [1.82, 2.24) is 15.0 Å². The first kappa shape index (κ1) is 10.3. The highest BCUT2D eigenvalue weighted by molar-refractivity contribution is 5.97. The van der Waals surface area contributed by atoms with E-state index in [-0.39, 0.29) is 5.78 Å². The average molecular weight is 211 g/mol. The molecular formula is C9H13N3O3. The second-order valence-electron chi connectivity index (χ2n) is 3.23. The fraction of sp³-hybridized carbons (Fsp3) is 0.667. The van der Waals surface area contributed by atoms with Crippen LogP contribution >= 0.6 is 0 Å². The van der Waals surface area contributed by atoms with Crippen LogP contribution in [0.2, 0.25) is 0 Å². The number of hydrogen-bond acceptors (Lipinski definition) is 5. The van der Waals surface area contributed by atoms with Gasteiger partial charge in [0.1, 0.15) is 11.8 Å². The third-order valence-electron chi connectivity index (χ3n) is 2.28. The summed E-state index contributed by atoms with van der Waals surface area (Å²) in [4.78, 5) is 11.9. The van der Waals surface area contributed by atoms with Crippen LogP contribution in [-0.4, -0.2) is 46.7 Å². The first-order valence-electron chi connectivity index (χ1n) is 4.95. The summed E-state index contributed by atoms with van der Waals surface area (Å²) in [5.74, 6) is -0.110. The Labute approximate surface area is 87.2 Å². The van der Waals surface area contributed by atoms with Gasteiger partial charge in [0, 0.05) is 6.54 Å². The van der Waals surface area contributed by atoms with Crippen LogP contribution in [0, 0.1) is 0 Å². The SMILES string of the molecule is CCn1nncc1C(=O)C1COCCO1. The summed E-state index contributed by atoms with van der Waals surface area (Å²) in [5.41, 5.74) is 0.480. The molecule has 82 valence electrons. The van der Waals surface area contributed by atoms with E-state index in [9.17, 15) is 4.79 Å². The van der Waals surface area contributed by atoms with E-state index in [0.717, 1.165) is 0 Å². The first-order valence-corrected chi connectivity index (χ1v) is 4.95. The molecule has 1 aromatic heterocycles. The second-order valence-corrected chi connectivity index (χ2v) is 3.23. The molecule has 2 heterocycles. The van der Waals surface area contributed by atoms with Gasteiger partial charge in [0.25, 0.3) is 0 Å². The molecule has 1 aliphatic heterocycles. The van der Waals surface area contributed by atoms with E-state index < -0.39 is 6.10 Å². The lowest BCUT2D eigenvalue weighted by Crippen LogP contribution is -2.36. The lowest BCUT2D eigenvalue weighted by atomic mass is 10.2. The van der Waals surface area contributed by atoms with E-state index in [1.165, 1.54) is 6.20 Å². The number of nitrogens with zero attached hydrogens (tertiary/aromatic N) is 3. The normalized spacial score (nSPS) is 21.5. The van der Waals surface area contributed by atoms with Gasteiger partial charge in [-0.25, -0.2) is 4.68 Å². The Hall–Kier alpha value is -1.27. The van der Waals surface area contributed by atoms with Gasteiger partial charge in [-0.1, -0.05) is 5.21 Å². The zero-order valence-corrected chi connectivity index (χ0v) is 8.55. The summed E-state index contributed by atoms with van der Waals surface area (Å²) in [7, 11) is 0. The van der Waals surface area contributed by atoms with E-state index in [0.29, 0.717) is 32.1 Å². The van der Waals surface area contributed by atoms with Gasteiger partial charge < -0.3 is 9.47 Å². The van der Waals surface area contributed by atoms with Crippen molar-refractivity contribution in [3.8, 4) is 0 Å². The van der Waals surface area contributed by atoms with Crippen molar-refractivity contribution in [2.24, 2.45) is 0 Å². The first-order chi connectivity index (χ1) is 7.33. The molecule has 1 fully saturated rings. The van der Waals surface area contributed by atoms with Crippen molar-refractivity contribution < 1.29 is 14.3 Å². The van der Waals surface area contributed by atoms with Gasteiger partial charge in [-0.05, 0) is 6.92 Å². The Morgan fingerprint density at radius 1 is 1.67 bits per heavy atom. The van der Waals surface area contributed by atoms with Crippen LogP contribution in [0.5, 0.6) is 0 Å². The molecule has 0 spiro atoms. The minimum Gasteiger partial charge on any atom is -0.376 e. The molecule has 0 N–H and O–H groups in total. The van der Waals surface area contributed by atoms with E-state index >= 15 is 0 Å². The Morgan fingerprint density at radius 2 is 2.53 bits per heavy atom. The Morgan fingerprint density at radius 3 is 3.20 bits per heavy atom. The van der Waals surface area contributed by atoms with Crippen molar-refractivity contribution in [2.45, 2.75) is 19.6 Å². The van der Waals surface area contributed by atoms with Gasteiger partial charge in [-0.2, -0.15) is 0 Å². The number of Topliss-reactive ketones (excluding diaryl/α,β-unsaturated/α-hetero) is 1. The number of carbonyl (C=O) groups excluding carboxylic acids is 1. The summed E-state index contributed by atoms with van der Waals surface area (Å²) in [6, 6.07) is 0. The van der Waals surface area contributed by atoms with Crippen LogP contribution in [0.3, 0.4) is 0 Å². The Bertz CT molecular complexity index is 344. The van der Waals surface area contributed by atoms with Gasteiger partial charge >= 0.3 is 0 Å². The van der Waals surface area contributed by atoms with E-state index in [2.05, 4.69) is 10.3 Å². The summed E-state index contributed by atoms with van der Waals surface area (Å²) in [6.07, 6.45) is 0.951. The number of ketones is 1. The van der Waals surface area contributed by atoms with Crippen LogP contribution in [0.1, 0.15) is 17.4 Å². The van der Waals surface area contributed by atoms with Gasteiger partial charge in [0.2, 0.25) is 5.78 Å². The predicted octanol–water partition coefficient (Wildman–Crippen LogP) is -0.104. The molecule has 0 bridgehead atoms. The maximum atomic E-state index is 11.9. The molecule has 0 radical (unpaired) electrons. The minimum atomic E-state index is -0.512. The van der Waals surface area contributed by atoms with Crippen molar-refractivity contribution in [2.75, 3.05) is 19.8 Å². The predicted molar refractivity (Wildman–Crippen MR) is 50.6 cm³/mol.